The van der Waals surface area contributed by atoms with Crippen LogP contribution in [0.1, 0.15) is 28.8 Å². The molecule has 0 saturated heterocycles. The number of aromatic nitrogens is 4. The van der Waals surface area contributed by atoms with Crippen LogP contribution in [0.3, 0.4) is 0 Å². The largest absolute Gasteiger partial charge is 0.369 e. The lowest BCUT2D eigenvalue weighted by Crippen LogP contribution is -2.18. The van der Waals surface area contributed by atoms with E-state index in [0.717, 1.165) is 16.5 Å². The van der Waals surface area contributed by atoms with Crippen molar-refractivity contribution in [2.45, 2.75) is 12.8 Å². The summed E-state index contributed by atoms with van der Waals surface area (Å²) in [5.41, 5.74) is 3.80. The summed E-state index contributed by atoms with van der Waals surface area (Å²) in [5, 5.41) is 6.82. The maximum absolute atomic E-state index is 13.1. The fraction of sp³-hybridized carbons (Fsp3) is 0.174. The van der Waals surface area contributed by atoms with Crippen molar-refractivity contribution in [1.82, 2.24) is 25.3 Å². The fourth-order valence-corrected chi connectivity index (χ4v) is 3.44. The molecule has 0 saturated carbocycles. The first-order valence-electron chi connectivity index (χ1n) is 9.84. The van der Waals surface area contributed by atoms with E-state index < -0.39 is 5.95 Å². The maximum atomic E-state index is 13.1. The first kappa shape index (κ1) is 20.3. The Labute approximate surface area is 178 Å². The molecule has 3 aromatic heterocycles. The molecule has 1 unspecified atom stereocenters. The van der Waals surface area contributed by atoms with E-state index in [1.807, 2.05) is 18.2 Å². The Morgan fingerprint density at radius 3 is 2.74 bits per heavy atom. The Bertz CT molecular complexity index is 1230. The van der Waals surface area contributed by atoms with Gasteiger partial charge < -0.3 is 10.6 Å². The molecule has 0 fully saturated rings. The molecule has 4 aromatic rings. The average molecular weight is 416 g/mol. The highest BCUT2D eigenvalue weighted by Crippen LogP contribution is 2.27. The van der Waals surface area contributed by atoms with E-state index in [4.69, 9.17) is 0 Å². The molecule has 0 bridgehead atoms. The van der Waals surface area contributed by atoms with Crippen LogP contribution in [0.15, 0.2) is 61.2 Å². The molecule has 31 heavy (non-hydrogen) atoms. The number of amides is 1. The number of anilines is 1. The SMILES string of the molecule is CNC(=O)c1ccnc2c(C(C)CNc3cc(-c4ccc(F)nc4)ncn3)cccc12. The van der Waals surface area contributed by atoms with Crippen molar-refractivity contribution < 1.29 is 9.18 Å². The zero-order valence-electron chi connectivity index (χ0n) is 17.1. The van der Waals surface area contributed by atoms with E-state index in [1.165, 1.54) is 18.6 Å². The van der Waals surface area contributed by atoms with Crippen LogP contribution in [0.2, 0.25) is 0 Å². The van der Waals surface area contributed by atoms with Crippen LogP contribution in [0.25, 0.3) is 22.2 Å². The van der Waals surface area contributed by atoms with E-state index >= 15 is 0 Å². The minimum Gasteiger partial charge on any atom is -0.369 e. The van der Waals surface area contributed by atoms with Crippen LogP contribution in [-0.2, 0) is 0 Å². The third-order valence-electron chi connectivity index (χ3n) is 5.08. The summed E-state index contributed by atoms with van der Waals surface area (Å²) >= 11 is 0. The van der Waals surface area contributed by atoms with Gasteiger partial charge in [0.05, 0.1) is 16.8 Å². The number of pyridine rings is 2. The second-order valence-electron chi connectivity index (χ2n) is 7.12. The molecule has 0 aliphatic heterocycles. The predicted octanol–water partition coefficient (Wildman–Crippen LogP) is 3.80. The zero-order valence-corrected chi connectivity index (χ0v) is 17.1. The van der Waals surface area contributed by atoms with Gasteiger partial charge in [-0.1, -0.05) is 25.1 Å². The summed E-state index contributed by atoms with van der Waals surface area (Å²) in [6.45, 7) is 2.69. The van der Waals surface area contributed by atoms with Crippen molar-refractivity contribution in [2.24, 2.45) is 0 Å². The minimum absolute atomic E-state index is 0.0991. The van der Waals surface area contributed by atoms with E-state index in [0.29, 0.717) is 29.2 Å². The zero-order chi connectivity index (χ0) is 21.8. The Hall–Kier alpha value is -3.94. The summed E-state index contributed by atoms with van der Waals surface area (Å²) < 4.78 is 13.1. The number of hydrogen-bond donors (Lipinski definition) is 2. The molecule has 0 spiro atoms. The molecular weight excluding hydrogens is 395 g/mol. The number of para-hydroxylation sites is 1. The van der Waals surface area contributed by atoms with Gasteiger partial charge in [0.2, 0.25) is 5.95 Å². The topological polar surface area (TPSA) is 92.7 Å². The van der Waals surface area contributed by atoms with E-state index in [2.05, 4.69) is 37.5 Å². The first-order valence-corrected chi connectivity index (χ1v) is 9.84. The Morgan fingerprint density at radius 2 is 1.97 bits per heavy atom. The molecule has 2 N–H and O–H groups in total. The van der Waals surface area contributed by atoms with Gasteiger partial charge in [-0.25, -0.2) is 15.0 Å². The third kappa shape index (κ3) is 4.32. The van der Waals surface area contributed by atoms with E-state index in [9.17, 15) is 9.18 Å². The van der Waals surface area contributed by atoms with Crippen molar-refractivity contribution in [3.63, 3.8) is 0 Å². The van der Waals surface area contributed by atoms with Crippen molar-refractivity contribution >= 4 is 22.6 Å². The van der Waals surface area contributed by atoms with E-state index in [-0.39, 0.29) is 11.8 Å². The summed E-state index contributed by atoms with van der Waals surface area (Å²) in [7, 11) is 1.61. The van der Waals surface area contributed by atoms with Gasteiger partial charge in [-0.15, -0.1) is 0 Å². The number of carbonyl (C=O) groups is 1. The number of hydrogen-bond acceptors (Lipinski definition) is 6. The van der Waals surface area contributed by atoms with Gasteiger partial charge >= 0.3 is 0 Å². The second-order valence-corrected chi connectivity index (χ2v) is 7.12. The molecule has 1 amide bonds. The summed E-state index contributed by atoms with van der Waals surface area (Å²) in [6, 6.07) is 12.3. The molecule has 0 radical (unpaired) electrons. The molecule has 156 valence electrons. The van der Waals surface area contributed by atoms with E-state index in [1.54, 1.807) is 31.4 Å². The van der Waals surface area contributed by atoms with Crippen LogP contribution < -0.4 is 10.6 Å². The number of carbonyl (C=O) groups excluding carboxylic acids is 1. The van der Waals surface area contributed by atoms with Gasteiger partial charge in [-0.05, 0) is 23.8 Å². The lowest BCUT2D eigenvalue weighted by Gasteiger charge is -2.16. The monoisotopic (exact) mass is 416 g/mol. The number of nitrogens with zero attached hydrogens (tertiary/aromatic N) is 4. The van der Waals surface area contributed by atoms with Crippen LogP contribution in [-0.4, -0.2) is 39.4 Å². The molecule has 8 heteroatoms. The van der Waals surface area contributed by atoms with Crippen molar-refractivity contribution in [1.29, 1.82) is 0 Å². The quantitative estimate of drug-likeness (QED) is 0.465. The molecule has 0 aliphatic carbocycles. The van der Waals surface area contributed by atoms with Crippen molar-refractivity contribution in [3.05, 3.63) is 78.3 Å². The standard InChI is InChI=1S/C23H21FN6O/c1-14(16-4-3-5-17-18(23(31)25-2)8-9-26-22(16)17)11-28-21-10-19(29-13-30-21)15-6-7-20(24)27-12-15/h3-10,12-14H,11H2,1-2H3,(H,25,31)(H,28,29,30). The minimum atomic E-state index is -0.534. The van der Waals surface area contributed by atoms with Crippen LogP contribution in [0.4, 0.5) is 10.2 Å². The smallest absolute Gasteiger partial charge is 0.251 e. The van der Waals surface area contributed by atoms with Gasteiger partial charge in [-0.2, -0.15) is 4.39 Å². The van der Waals surface area contributed by atoms with Gasteiger partial charge in [0.15, 0.2) is 0 Å². The van der Waals surface area contributed by atoms with Gasteiger partial charge in [0.25, 0.3) is 5.91 Å². The van der Waals surface area contributed by atoms with Crippen LogP contribution in [0, 0.1) is 5.95 Å². The maximum Gasteiger partial charge on any atom is 0.251 e. The normalized spacial score (nSPS) is 11.8. The number of halogens is 1. The van der Waals surface area contributed by atoms with Gasteiger partial charge in [0.1, 0.15) is 12.1 Å². The van der Waals surface area contributed by atoms with Gasteiger partial charge in [-0.3, -0.25) is 9.78 Å². The van der Waals surface area contributed by atoms with Crippen molar-refractivity contribution in [3.8, 4) is 11.3 Å². The summed E-state index contributed by atoms with van der Waals surface area (Å²) in [5.74, 6) is 0.0786. The molecule has 1 atom stereocenters. The second kappa shape index (κ2) is 8.83. The molecule has 7 nitrogen and oxygen atoms in total. The third-order valence-corrected chi connectivity index (χ3v) is 5.08. The Balaban J connectivity index is 1.55. The highest BCUT2D eigenvalue weighted by Gasteiger charge is 2.15. The molecule has 1 aromatic carbocycles. The predicted molar refractivity (Wildman–Crippen MR) is 117 cm³/mol. The Morgan fingerprint density at radius 1 is 1.10 bits per heavy atom. The van der Waals surface area contributed by atoms with Gasteiger partial charge in [0, 0.05) is 48.9 Å². The lowest BCUT2D eigenvalue weighted by molar-refractivity contribution is 0.0964. The molecule has 4 rings (SSSR count). The average Bonchev–Trinajstić information content (AvgIpc) is 2.82. The summed E-state index contributed by atoms with van der Waals surface area (Å²) in [6.07, 6.45) is 4.56. The molecule has 3 heterocycles. The number of benzene rings is 1. The number of nitrogens with one attached hydrogen (secondary N) is 2. The lowest BCUT2D eigenvalue weighted by atomic mass is 9.96. The highest BCUT2D eigenvalue weighted by molar-refractivity contribution is 6.06. The molecule has 0 aliphatic rings. The number of fused-ring (bicyclic) bond motifs is 1. The fourth-order valence-electron chi connectivity index (χ4n) is 3.44. The van der Waals surface area contributed by atoms with Crippen molar-refractivity contribution in [2.75, 3.05) is 18.9 Å². The number of rotatable bonds is 6. The highest BCUT2D eigenvalue weighted by atomic mass is 19.1. The van der Waals surface area contributed by atoms with Crippen LogP contribution >= 0.6 is 0 Å². The Kier molecular flexibility index (Phi) is 5.79. The molecular formula is C23H21FN6O. The van der Waals surface area contributed by atoms with Crippen LogP contribution in [0.5, 0.6) is 0 Å². The first-order chi connectivity index (χ1) is 15.1. The summed E-state index contributed by atoms with van der Waals surface area (Å²) in [4.78, 5) is 28.9.